The minimum atomic E-state index is -0.593. The number of aromatic nitrogens is 3. The fourth-order valence-corrected chi connectivity index (χ4v) is 2.46. The lowest BCUT2D eigenvalue weighted by Gasteiger charge is -2.21. The van der Waals surface area contributed by atoms with E-state index in [2.05, 4.69) is 20.3 Å². The van der Waals surface area contributed by atoms with Crippen molar-refractivity contribution >= 4 is 23.4 Å². The van der Waals surface area contributed by atoms with Crippen LogP contribution < -0.4 is 20.7 Å². The second-order valence-electron chi connectivity index (χ2n) is 6.23. The summed E-state index contributed by atoms with van der Waals surface area (Å²) in [5.74, 6) is 0.0571. The van der Waals surface area contributed by atoms with E-state index in [0.29, 0.717) is 17.3 Å². The van der Waals surface area contributed by atoms with Gasteiger partial charge in [0.25, 0.3) is 0 Å². The molecule has 29 heavy (non-hydrogen) atoms. The second kappa shape index (κ2) is 8.79. The predicted octanol–water partition coefficient (Wildman–Crippen LogP) is 2.53. The van der Waals surface area contributed by atoms with Crippen molar-refractivity contribution in [1.29, 1.82) is 0 Å². The molecule has 2 aromatic heterocycles. The van der Waals surface area contributed by atoms with E-state index >= 15 is 0 Å². The number of amides is 3. The number of urea groups is 1. The number of nitrogens with two attached hydrogens (primary N) is 1. The Morgan fingerprint density at radius 3 is 2.66 bits per heavy atom. The molecule has 0 fully saturated rings. The maximum atomic E-state index is 12.6. The quantitative estimate of drug-likeness (QED) is 0.664. The summed E-state index contributed by atoms with van der Waals surface area (Å²) in [7, 11) is 1.58. The number of ether oxygens (including phenoxy) is 1. The number of primary amides is 1. The van der Waals surface area contributed by atoms with E-state index in [-0.39, 0.29) is 12.2 Å². The predicted molar refractivity (Wildman–Crippen MR) is 108 cm³/mol. The number of hydrogen-bond acceptors (Lipinski definition) is 6. The van der Waals surface area contributed by atoms with Gasteiger partial charge in [0.1, 0.15) is 12.4 Å². The third kappa shape index (κ3) is 5.04. The summed E-state index contributed by atoms with van der Waals surface area (Å²) in [4.78, 5) is 37.8. The zero-order chi connectivity index (χ0) is 20.8. The lowest BCUT2D eigenvalue weighted by Crippen LogP contribution is -2.32. The fraction of sp³-hybridized carbons (Fsp3) is 0.150. The molecule has 0 spiro atoms. The van der Waals surface area contributed by atoms with Crippen LogP contribution in [0.5, 0.6) is 5.75 Å². The topological polar surface area (TPSA) is 123 Å². The lowest BCUT2D eigenvalue weighted by molar-refractivity contribution is 0.1000. The van der Waals surface area contributed by atoms with E-state index in [1.807, 2.05) is 6.07 Å². The van der Waals surface area contributed by atoms with Gasteiger partial charge in [-0.3, -0.25) is 25.0 Å². The van der Waals surface area contributed by atoms with Crippen LogP contribution in [0.15, 0.2) is 55.1 Å². The van der Waals surface area contributed by atoms with Crippen molar-refractivity contribution in [3.63, 3.8) is 0 Å². The van der Waals surface area contributed by atoms with E-state index in [1.54, 1.807) is 44.7 Å². The van der Waals surface area contributed by atoms with Crippen molar-refractivity contribution in [1.82, 2.24) is 15.0 Å². The normalized spacial score (nSPS) is 10.3. The average molecular weight is 392 g/mol. The van der Waals surface area contributed by atoms with Crippen molar-refractivity contribution in [2.45, 2.75) is 13.5 Å². The Bertz CT molecular complexity index is 1010. The van der Waals surface area contributed by atoms with Crippen LogP contribution in [-0.2, 0) is 6.61 Å². The number of pyridine rings is 1. The molecule has 148 valence electrons. The molecule has 3 aromatic rings. The molecule has 0 aliphatic heterocycles. The first-order valence-corrected chi connectivity index (χ1v) is 8.73. The highest BCUT2D eigenvalue weighted by Crippen LogP contribution is 2.30. The number of anilines is 2. The van der Waals surface area contributed by atoms with Crippen LogP contribution in [0.4, 0.5) is 16.3 Å². The number of rotatable bonds is 6. The number of nitrogens with one attached hydrogen (secondary N) is 1. The molecule has 0 bridgehead atoms. The van der Waals surface area contributed by atoms with Crippen molar-refractivity contribution in [3.05, 3.63) is 71.9 Å². The van der Waals surface area contributed by atoms with Gasteiger partial charge >= 0.3 is 6.03 Å². The first-order chi connectivity index (χ1) is 13.9. The summed E-state index contributed by atoms with van der Waals surface area (Å²) >= 11 is 0. The van der Waals surface area contributed by atoms with Crippen LogP contribution in [-0.4, -0.2) is 33.9 Å². The highest BCUT2D eigenvalue weighted by molar-refractivity contribution is 6.02. The molecule has 0 radical (unpaired) electrons. The minimum absolute atomic E-state index is 0.210. The van der Waals surface area contributed by atoms with Crippen molar-refractivity contribution < 1.29 is 14.3 Å². The molecule has 3 rings (SSSR count). The van der Waals surface area contributed by atoms with Gasteiger partial charge in [0.05, 0.1) is 23.8 Å². The Hall–Kier alpha value is -4.01. The summed E-state index contributed by atoms with van der Waals surface area (Å²) in [5.41, 5.74) is 7.68. The highest BCUT2D eigenvalue weighted by atomic mass is 16.5. The summed E-state index contributed by atoms with van der Waals surface area (Å²) in [5, 5.41) is 2.66. The monoisotopic (exact) mass is 392 g/mol. The van der Waals surface area contributed by atoms with Gasteiger partial charge in [-0.1, -0.05) is 6.07 Å². The minimum Gasteiger partial charge on any atom is -0.487 e. The van der Waals surface area contributed by atoms with Crippen molar-refractivity contribution in [3.8, 4) is 5.75 Å². The zero-order valence-corrected chi connectivity index (χ0v) is 16.0. The number of hydrogen-bond donors (Lipinski definition) is 2. The van der Waals surface area contributed by atoms with Gasteiger partial charge in [-0.2, -0.15) is 0 Å². The molecule has 9 nitrogen and oxygen atoms in total. The van der Waals surface area contributed by atoms with E-state index in [4.69, 9.17) is 10.5 Å². The molecule has 0 aliphatic carbocycles. The number of carbonyl (C=O) groups is 2. The molecule has 0 aliphatic rings. The van der Waals surface area contributed by atoms with E-state index in [9.17, 15) is 9.59 Å². The number of benzene rings is 1. The molecule has 3 N–H and O–H groups in total. The summed E-state index contributed by atoms with van der Waals surface area (Å²) < 4.78 is 5.85. The van der Waals surface area contributed by atoms with E-state index in [0.717, 1.165) is 11.3 Å². The van der Waals surface area contributed by atoms with Crippen LogP contribution >= 0.6 is 0 Å². The molecular weight excluding hydrogens is 372 g/mol. The highest BCUT2D eigenvalue weighted by Gasteiger charge is 2.18. The number of nitrogens with zero attached hydrogens (tertiary/aromatic N) is 4. The first kappa shape index (κ1) is 19.7. The largest absolute Gasteiger partial charge is 0.487 e. The van der Waals surface area contributed by atoms with Gasteiger partial charge in [0.15, 0.2) is 5.82 Å². The maximum Gasteiger partial charge on any atom is 0.327 e. The summed E-state index contributed by atoms with van der Waals surface area (Å²) in [6, 6.07) is 7.84. The van der Waals surface area contributed by atoms with Crippen molar-refractivity contribution in [2.75, 3.05) is 17.3 Å². The smallest absolute Gasteiger partial charge is 0.327 e. The van der Waals surface area contributed by atoms with Crippen LogP contribution in [0.25, 0.3) is 0 Å². The molecule has 2 heterocycles. The molecular formula is C20H20N6O3. The van der Waals surface area contributed by atoms with Crippen LogP contribution in [0.3, 0.4) is 0 Å². The lowest BCUT2D eigenvalue weighted by atomic mass is 10.1. The Balaban J connectivity index is 1.82. The summed E-state index contributed by atoms with van der Waals surface area (Å²) in [6.07, 6.45) is 6.36. The average Bonchev–Trinajstić information content (AvgIpc) is 2.73. The third-order valence-electron chi connectivity index (χ3n) is 4.04. The van der Waals surface area contributed by atoms with E-state index < -0.39 is 11.9 Å². The molecule has 0 unspecified atom stereocenters. The van der Waals surface area contributed by atoms with Crippen LogP contribution in [0.2, 0.25) is 0 Å². The Morgan fingerprint density at radius 2 is 2.00 bits per heavy atom. The van der Waals surface area contributed by atoms with Gasteiger partial charge in [-0.15, -0.1) is 0 Å². The molecule has 9 heteroatoms. The van der Waals surface area contributed by atoms with Crippen LogP contribution in [0.1, 0.15) is 21.6 Å². The SMILES string of the molecule is Cc1cnc(NC(=O)N(C)c2ccc(C(N)=O)cc2OCc2cccnc2)cn1. The molecule has 1 aromatic carbocycles. The number of carbonyl (C=O) groups excluding carboxylic acids is 2. The molecule has 3 amide bonds. The van der Waals surface area contributed by atoms with Crippen LogP contribution in [0, 0.1) is 6.92 Å². The first-order valence-electron chi connectivity index (χ1n) is 8.73. The molecule has 0 saturated carbocycles. The van der Waals surface area contributed by atoms with Crippen molar-refractivity contribution in [2.24, 2.45) is 5.73 Å². The zero-order valence-electron chi connectivity index (χ0n) is 16.0. The van der Waals surface area contributed by atoms with Gasteiger partial charge in [-0.25, -0.2) is 9.78 Å². The maximum absolute atomic E-state index is 12.6. The Morgan fingerprint density at radius 1 is 1.17 bits per heavy atom. The Labute approximate surface area is 167 Å². The third-order valence-corrected chi connectivity index (χ3v) is 4.04. The fourth-order valence-electron chi connectivity index (χ4n) is 2.46. The second-order valence-corrected chi connectivity index (χ2v) is 6.23. The number of aryl methyl sites for hydroxylation is 1. The van der Waals surface area contributed by atoms with Gasteiger partial charge < -0.3 is 10.5 Å². The van der Waals surface area contributed by atoms with E-state index in [1.165, 1.54) is 23.2 Å². The van der Waals surface area contributed by atoms with Gasteiger partial charge in [-0.05, 0) is 31.2 Å². The van der Waals surface area contributed by atoms with Gasteiger partial charge in [0, 0.05) is 30.6 Å². The standard InChI is InChI=1S/C20H20N6O3/c1-13-9-24-18(11-23-13)25-20(28)26(2)16-6-5-15(19(21)27)8-17(16)29-12-14-4-3-7-22-10-14/h3-11H,12H2,1-2H3,(H2,21,27)(H,24,25,28). The molecule has 0 atom stereocenters. The molecule has 0 saturated heterocycles. The van der Waals surface area contributed by atoms with Gasteiger partial charge in [0.2, 0.25) is 5.91 Å². The summed E-state index contributed by atoms with van der Waals surface area (Å²) in [6.45, 7) is 2.01. The Kier molecular flexibility index (Phi) is 5.98.